The number of hydrogen-bond acceptors (Lipinski definition) is 3. The summed E-state index contributed by atoms with van der Waals surface area (Å²) >= 11 is 0. The molecule has 0 saturated heterocycles. The van der Waals surface area contributed by atoms with Gasteiger partial charge in [0.25, 0.3) is 0 Å². The first kappa shape index (κ1) is 15.2. The molecule has 0 radical (unpaired) electrons. The second-order valence-electron chi connectivity index (χ2n) is 4.32. The monoisotopic (exact) mass is 273 g/mol. The van der Waals surface area contributed by atoms with E-state index in [0.717, 1.165) is 31.5 Å². The molecule has 6 heteroatoms. The van der Waals surface area contributed by atoms with Gasteiger partial charge in [-0.15, -0.1) is 0 Å². The fourth-order valence-electron chi connectivity index (χ4n) is 1.76. The van der Waals surface area contributed by atoms with Crippen LogP contribution in [-0.2, 0) is 23.1 Å². The Hall–Kier alpha value is -0.850. The Bertz CT molecular complexity index is 466. The quantitative estimate of drug-likeness (QED) is 0.703. The van der Waals surface area contributed by atoms with E-state index in [4.69, 9.17) is 5.73 Å². The maximum absolute atomic E-state index is 12.0. The van der Waals surface area contributed by atoms with Crippen LogP contribution in [0.15, 0.2) is 17.2 Å². The summed E-state index contributed by atoms with van der Waals surface area (Å²) < 4.78 is 28.6. The minimum atomic E-state index is -3.39. The van der Waals surface area contributed by atoms with E-state index in [1.54, 1.807) is 12.3 Å². The van der Waals surface area contributed by atoms with Gasteiger partial charge in [0, 0.05) is 31.5 Å². The highest BCUT2D eigenvalue weighted by molar-refractivity contribution is 7.89. The summed E-state index contributed by atoms with van der Waals surface area (Å²) in [7, 11) is -3.39. The third kappa shape index (κ3) is 3.83. The zero-order chi connectivity index (χ0) is 13.6. The highest BCUT2D eigenvalue weighted by Gasteiger charge is 2.17. The number of sulfonamides is 1. The lowest BCUT2D eigenvalue weighted by atomic mass is 10.3. The third-order valence-electron chi connectivity index (χ3n) is 2.77. The minimum absolute atomic E-state index is 0.313. The molecule has 1 heterocycles. The molecular weight excluding hydrogens is 250 g/mol. The van der Waals surface area contributed by atoms with Crippen LogP contribution in [0.3, 0.4) is 0 Å². The maximum atomic E-state index is 12.0. The summed E-state index contributed by atoms with van der Waals surface area (Å²) in [5.41, 5.74) is 6.48. The largest absolute Gasteiger partial charge is 0.349 e. The zero-order valence-corrected chi connectivity index (χ0v) is 12.0. The van der Waals surface area contributed by atoms with Crippen LogP contribution < -0.4 is 10.5 Å². The van der Waals surface area contributed by atoms with Crippen LogP contribution in [0.1, 0.15) is 38.8 Å². The summed E-state index contributed by atoms with van der Waals surface area (Å²) in [5.74, 6) is 0. The molecular formula is C12H23N3O2S. The van der Waals surface area contributed by atoms with Crippen molar-refractivity contribution in [1.82, 2.24) is 9.29 Å². The first-order valence-corrected chi connectivity index (χ1v) is 7.92. The van der Waals surface area contributed by atoms with Gasteiger partial charge in [0.05, 0.1) is 4.90 Å². The van der Waals surface area contributed by atoms with Crippen LogP contribution in [0.5, 0.6) is 0 Å². The molecule has 0 fully saturated rings. The Morgan fingerprint density at radius 3 is 2.61 bits per heavy atom. The van der Waals surface area contributed by atoms with Crippen molar-refractivity contribution in [2.24, 2.45) is 5.73 Å². The molecule has 0 spiro atoms. The van der Waals surface area contributed by atoms with E-state index in [9.17, 15) is 8.42 Å². The van der Waals surface area contributed by atoms with Crippen molar-refractivity contribution in [3.05, 3.63) is 18.0 Å². The molecule has 3 N–H and O–H groups in total. The van der Waals surface area contributed by atoms with Crippen LogP contribution >= 0.6 is 0 Å². The fourth-order valence-corrected chi connectivity index (χ4v) is 2.90. The first-order chi connectivity index (χ1) is 8.55. The Labute approximate surface area is 109 Å². The van der Waals surface area contributed by atoms with Gasteiger partial charge in [0.2, 0.25) is 10.0 Å². The second kappa shape index (κ2) is 6.92. The lowest BCUT2D eigenvalue weighted by Gasteiger charge is -2.04. The van der Waals surface area contributed by atoms with Crippen molar-refractivity contribution in [1.29, 1.82) is 0 Å². The van der Waals surface area contributed by atoms with E-state index in [-0.39, 0.29) is 0 Å². The number of rotatable bonds is 8. The average Bonchev–Trinajstić information content (AvgIpc) is 2.74. The molecule has 0 aliphatic carbocycles. The van der Waals surface area contributed by atoms with Crippen molar-refractivity contribution in [2.75, 3.05) is 6.54 Å². The summed E-state index contributed by atoms with van der Waals surface area (Å²) in [6, 6.07) is 1.66. The average molecular weight is 273 g/mol. The number of nitrogens with zero attached hydrogens (tertiary/aromatic N) is 1. The van der Waals surface area contributed by atoms with Crippen molar-refractivity contribution < 1.29 is 8.42 Å². The highest BCUT2D eigenvalue weighted by atomic mass is 32.2. The minimum Gasteiger partial charge on any atom is -0.349 e. The molecule has 1 rings (SSSR count). The van der Waals surface area contributed by atoms with Crippen LogP contribution in [-0.4, -0.2) is 19.5 Å². The van der Waals surface area contributed by atoms with Crippen molar-refractivity contribution in [3.8, 4) is 0 Å². The second-order valence-corrected chi connectivity index (χ2v) is 6.08. The number of aromatic nitrogens is 1. The van der Waals surface area contributed by atoms with E-state index < -0.39 is 10.0 Å². The van der Waals surface area contributed by atoms with Gasteiger partial charge < -0.3 is 10.3 Å². The number of nitrogens with one attached hydrogen (secondary N) is 1. The molecule has 0 amide bonds. The first-order valence-electron chi connectivity index (χ1n) is 6.44. The molecule has 0 saturated carbocycles. The Morgan fingerprint density at radius 2 is 2.06 bits per heavy atom. The van der Waals surface area contributed by atoms with Crippen molar-refractivity contribution in [2.45, 2.75) is 51.1 Å². The highest BCUT2D eigenvalue weighted by Crippen LogP contribution is 2.14. The normalized spacial score (nSPS) is 11.9. The van der Waals surface area contributed by atoms with E-state index in [2.05, 4.69) is 4.72 Å². The molecule has 0 aliphatic heterocycles. The SMILES string of the molecule is CCCCNS(=O)(=O)c1cc(CN)n(CCC)c1. The summed E-state index contributed by atoms with van der Waals surface area (Å²) in [6.45, 7) is 5.70. The van der Waals surface area contributed by atoms with Crippen molar-refractivity contribution in [3.63, 3.8) is 0 Å². The van der Waals surface area contributed by atoms with Crippen molar-refractivity contribution >= 4 is 10.0 Å². The van der Waals surface area contributed by atoms with Crippen LogP contribution in [0.4, 0.5) is 0 Å². The molecule has 0 aromatic carbocycles. The summed E-state index contributed by atoms with van der Waals surface area (Å²) in [4.78, 5) is 0.313. The number of aryl methyl sites for hydroxylation is 1. The molecule has 0 unspecified atom stereocenters. The molecule has 104 valence electrons. The van der Waals surface area contributed by atoms with Gasteiger partial charge >= 0.3 is 0 Å². The Balaban J connectivity index is 2.88. The topological polar surface area (TPSA) is 77.1 Å². The number of hydrogen-bond donors (Lipinski definition) is 2. The Morgan fingerprint density at radius 1 is 1.33 bits per heavy atom. The molecule has 18 heavy (non-hydrogen) atoms. The summed E-state index contributed by atoms with van der Waals surface area (Å²) in [6.07, 6.45) is 4.43. The molecule has 1 aromatic heterocycles. The molecule has 0 atom stereocenters. The Kier molecular flexibility index (Phi) is 5.84. The van der Waals surface area contributed by atoms with Gasteiger partial charge in [-0.3, -0.25) is 0 Å². The van der Waals surface area contributed by atoms with Gasteiger partial charge in [-0.1, -0.05) is 20.3 Å². The molecule has 0 bridgehead atoms. The maximum Gasteiger partial charge on any atom is 0.242 e. The number of unbranched alkanes of at least 4 members (excludes halogenated alkanes) is 1. The molecule has 0 aliphatic rings. The third-order valence-corrected chi connectivity index (χ3v) is 4.20. The van der Waals surface area contributed by atoms with E-state index in [1.165, 1.54) is 0 Å². The smallest absolute Gasteiger partial charge is 0.242 e. The predicted molar refractivity (Wildman–Crippen MR) is 72.7 cm³/mol. The standard InChI is InChI=1S/C12H23N3O2S/c1-3-5-6-14-18(16,17)12-8-11(9-13)15(10-12)7-4-2/h8,10,14H,3-7,9,13H2,1-2H3. The van der Waals surface area contributed by atoms with Gasteiger partial charge in [0.1, 0.15) is 0 Å². The molecule has 1 aromatic rings. The van der Waals surface area contributed by atoms with E-state index in [0.29, 0.717) is 18.0 Å². The van der Waals surface area contributed by atoms with Gasteiger partial charge in [0.15, 0.2) is 0 Å². The predicted octanol–water partition coefficient (Wildman–Crippen LogP) is 1.44. The van der Waals surface area contributed by atoms with Crippen LogP contribution in [0.2, 0.25) is 0 Å². The fraction of sp³-hybridized carbons (Fsp3) is 0.667. The van der Waals surface area contributed by atoms with Crippen LogP contribution in [0.25, 0.3) is 0 Å². The van der Waals surface area contributed by atoms with Gasteiger partial charge in [-0.05, 0) is 18.9 Å². The van der Waals surface area contributed by atoms with E-state index >= 15 is 0 Å². The molecule has 5 nitrogen and oxygen atoms in total. The lowest BCUT2D eigenvalue weighted by molar-refractivity contribution is 0.577. The van der Waals surface area contributed by atoms with Crippen LogP contribution in [0, 0.1) is 0 Å². The summed E-state index contributed by atoms with van der Waals surface area (Å²) in [5, 5.41) is 0. The zero-order valence-electron chi connectivity index (χ0n) is 11.1. The van der Waals surface area contributed by atoms with Gasteiger partial charge in [-0.25, -0.2) is 13.1 Å². The number of nitrogens with two attached hydrogens (primary N) is 1. The lowest BCUT2D eigenvalue weighted by Crippen LogP contribution is -2.24. The van der Waals surface area contributed by atoms with E-state index in [1.807, 2.05) is 18.4 Å². The van der Waals surface area contributed by atoms with Gasteiger partial charge in [-0.2, -0.15) is 0 Å².